The number of carbonyl (C=O) groups excluding carboxylic acids is 1. The molecule has 0 aromatic rings. The summed E-state index contributed by atoms with van der Waals surface area (Å²) < 4.78 is 11.3. The number of carbonyl (C=O) groups is 1. The summed E-state index contributed by atoms with van der Waals surface area (Å²) in [5, 5.41) is 9.68. The molecule has 1 atom stereocenters. The van der Waals surface area contributed by atoms with E-state index in [1.807, 2.05) is 0 Å². The van der Waals surface area contributed by atoms with Crippen LogP contribution in [0.2, 0.25) is 0 Å². The van der Waals surface area contributed by atoms with Crippen LogP contribution in [0.5, 0.6) is 0 Å². The molecule has 0 aromatic carbocycles. The zero-order valence-corrected chi connectivity index (χ0v) is 42.9. The number of aliphatic hydroxyl groups excluding tert-OH is 1. The molecule has 1 N–H and O–H groups in total. The molecule has 0 spiro atoms. The number of rotatable bonds is 54. The van der Waals surface area contributed by atoms with Crippen LogP contribution < -0.4 is 0 Å². The summed E-state index contributed by atoms with van der Waals surface area (Å²) in [6, 6.07) is 0. The van der Waals surface area contributed by atoms with Crippen LogP contribution in [-0.4, -0.2) is 37.0 Å². The molecule has 0 aliphatic rings. The van der Waals surface area contributed by atoms with Gasteiger partial charge in [-0.1, -0.05) is 269 Å². The van der Waals surface area contributed by atoms with E-state index in [0.717, 1.165) is 25.7 Å². The number of hydrogen-bond donors (Lipinski definition) is 1. The zero-order chi connectivity index (χ0) is 45.5. The van der Waals surface area contributed by atoms with Crippen molar-refractivity contribution in [3.05, 3.63) is 36.5 Å². The van der Waals surface area contributed by atoms with Crippen molar-refractivity contribution in [1.82, 2.24) is 0 Å². The van der Waals surface area contributed by atoms with Crippen LogP contribution in [-0.2, 0) is 14.3 Å². The Hall–Kier alpha value is -1.39. The summed E-state index contributed by atoms with van der Waals surface area (Å²) in [5.74, 6) is -0.196. The maximum atomic E-state index is 12.3. The van der Waals surface area contributed by atoms with Crippen molar-refractivity contribution in [2.75, 3.05) is 19.8 Å². The number of ether oxygens (including phenoxy) is 2. The number of hydrogen-bond acceptors (Lipinski definition) is 4. The largest absolute Gasteiger partial charge is 0.457 e. The van der Waals surface area contributed by atoms with Crippen molar-refractivity contribution >= 4 is 5.97 Å². The molecule has 0 radical (unpaired) electrons. The fourth-order valence-corrected chi connectivity index (χ4v) is 8.65. The van der Waals surface area contributed by atoms with Crippen molar-refractivity contribution in [2.45, 2.75) is 315 Å². The van der Waals surface area contributed by atoms with Crippen LogP contribution in [0.4, 0.5) is 0 Å². The minimum absolute atomic E-state index is 0.168. The van der Waals surface area contributed by atoms with Crippen molar-refractivity contribution in [1.29, 1.82) is 0 Å². The lowest BCUT2D eigenvalue weighted by Gasteiger charge is -2.16. The summed E-state index contributed by atoms with van der Waals surface area (Å²) in [4.78, 5) is 12.3. The molecule has 372 valence electrons. The van der Waals surface area contributed by atoms with Gasteiger partial charge in [0, 0.05) is 13.0 Å². The number of unbranched alkanes of at least 4 members (excludes halogenated alkanes) is 40. The van der Waals surface area contributed by atoms with E-state index < -0.39 is 6.10 Å². The first-order valence-electron chi connectivity index (χ1n) is 28.6. The second kappa shape index (κ2) is 56.7. The van der Waals surface area contributed by atoms with E-state index in [1.165, 1.54) is 263 Å². The molecule has 0 rings (SSSR count). The first kappa shape index (κ1) is 61.6. The van der Waals surface area contributed by atoms with E-state index in [-0.39, 0.29) is 12.6 Å². The Kier molecular flexibility index (Phi) is 55.5. The highest BCUT2D eigenvalue weighted by Crippen LogP contribution is 2.17. The third-order valence-corrected chi connectivity index (χ3v) is 12.9. The van der Waals surface area contributed by atoms with Gasteiger partial charge in [0.1, 0.15) is 6.10 Å². The van der Waals surface area contributed by atoms with Gasteiger partial charge in [-0.2, -0.15) is 0 Å². The molecule has 0 fully saturated rings. The van der Waals surface area contributed by atoms with E-state index in [4.69, 9.17) is 9.47 Å². The third-order valence-electron chi connectivity index (χ3n) is 12.9. The van der Waals surface area contributed by atoms with Gasteiger partial charge >= 0.3 is 5.97 Å². The average Bonchev–Trinajstić information content (AvgIpc) is 3.29. The molecule has 0 bridgehead atoms. The molecule has 0 amide bonds. The van der Waals surface area contributed by atoms with Gasteiger partial charge in [0.25, 0.3) is 0 Å². The molecule has 0 aromatic heterocycles. The standard InChI is InChI=1S/C59H112O4/c1-3-5-7-9-11-13-15-17-19-21-23-25-27-29-31-33-35-37-39-41-43-45-47-49-51-53-55-62-57-58(56-60)63-59(61)54-52-50-48-46-44-42-40-38-36-34-32-30-28-26-24-22-20-18-16-14-12-10-8-6-4-2/h16,18,21-24,58,60H,3-15,17,19-20,25-57H2,1-2H3/b18-16-,23-21-,24-22-. The van der Waals surface area contributed by atoms with Crippen molar-refractivity contribution in [3.8, 4) is 0 Å². The van der Waals surface area contributed by atoms with Crippen LogP contribution in [0.1, 0.15) is 309 Å². The van der Waals surface area contributed by atoms with Crippen molar-refractivity contribution < 1.29 is 19.4 Å². The van der Waals surface area contributed by atoms with E-state index in [9.17, 15) is 9.90 Å². The van der Waals surface area contributed by atoms with E-state index >= 15 is 0 Å². The zero-order valence-electron chi connectivity index (χ0n) is 42.9. The van der Waals surface area contributed by atoms with Crippen LogP contribution in [0.3, 0.4) is 0 Å². The van der Waals surface area contributed by atoms with Gasteiger partial charge in [-0.15, -0.1) is 0 Å². The summed E-state index contributed by atoms with van der Waals surface area (Å²) in [6.07, 6.45) is 74.1. The van der Waals surface area contributed by atoms with Gasteiger partial charge in [-0.25, -0.2) is 0 Å². The van der Waals surface area contributed by atoms with Gasteiger partial charge in [-0.3, -0.25) is 4.79 Å². The lowest BCUT2D eigenvalue weighted by atomic mass is 10.0. The number of allylic oxidation sites excluding steroid dienone is 6. The molecule has 0 aliphatic carbocycles. The summed E-state index contributed by atoms with van der Waals surface area (Å²) in [7, 11) is 0. The Balaban J connectivity index is 3.36. The summed E-state index contributed by atoms with van der Waals surface area (Å²) >= 11 is 0. The fraction of sp³-hybridized carbons (Fsp3) is 0.881. The lowest BCUT2D eigenvalue weighted by molar-refractivity contribution is -0.154. The molecule has 1 unspecified atom stereocenters. The molecule has 0 heterocycles. The highest BCUT2D eigenvalue weighted by atomic mass is 16.6. The topological polar surface area (TPSA) is 55.8 Å². The summed E-state index contributed by atoms with van der Waals surface area (Å²) in [6.45, 7) is 5.38. The molecule has 0 aliphatic heterocycles. The average molecular weight is 886 g/mol. The molecule has 63 heavy (non-hydrogen) atoms. The Bertz CT molecular complexity index is 940. The highest BCUT2D eigenvalue weighted by molar-refractivity contribution is 5.69. The van der Waals surface area contributed by atoms with E-state index in [1.54, 1.807) is 0 Å². The highest BCUT2D eigenvalue weighted by Gasteiger charge is 2.13. The Labute approximate surface area is 395 Å². The van der Waals surface area contributed by atoms with Crippen LogP contribution in [0.25, 0.3) is 0 Å². The smallest absolute Gasteiger partial charge is 0.306 e. The van der Waals surface area contributed by atoms with Crippen LogP contribution in [0.15, 0.2) is 36.5 Å². The monoisotopic (exact) mass is 885 g/mol. The molecule has 0 saturated heterocycles. The maximum Gasteiger partial charge on any atom is 0.306 e. The third kappa shape index (κ3) is 54.9. The van der Waals surface area contributed by atoms with E-state index in [2.05, 4.69) is 50.3 Å². The lowest BCUT2D eigenvalue weighted by Crippen LogP contribution is -2.27. The Morgan fingerprint density at radius 3 is 1.00 bits per heavy atom. The molecular formula is C59H112O4. The van der Waals surface area contributed by atoms with Gasteiger partial charge in [0.05, 0.1) is 13.2 Å². The fourth-order valence-electron chi connectivity index (χ4n) is 8.65. The van der Waals surface area contributed by atoms with Crippen LogP contribution >= 0.6 is 0 Å². The Morgan fingerprint density at radius 1 is 0.381 bits per heavy atom. The second-order valence-corrected chi connectivity index (χ2v) is 19.4. The van der Waals surface area contributed by atoms with Crippen LogP contribution in [0, 0.1) is 0 Å². The minimum atomic E-state index is -0.534. The normalized spacial score (nSPS) is 12.5. The first-order valence-corrected chi connectivity index (χ1v) is 28.6. The molecule has 4 heteroatoms. The van der Waals surface area contributed by atoms with Gasteiger partial charge in [0.2, 0.25) is 0 Å². The quantitative estimate of drug-likeness (QED) is 0.0376. The SMILES string of the molecule is CCCCCCC/C=C\C/C=C\CCCCCCCCCCCCCCCC(=O)OC(CO)COCCCCCCCCCCCCCCCC/C=C\CCCCCCCCCC. The van der Waals surface area contributed by atoms with Gasteiger partial charge in [-0.05, 0) is 70.6 Å². The van der Waals surface area contributed by atoms with Gasteiger partial charge in [0.15, 0.2) is 0 Å². The second-order valence-electron chi connectivity index (χ2n) is 19.4. The van der Waals surface area contributed by atoms with Crippen molar-refractivity contribution in [3.63, 3.8) is 0 Å². The van der Waals surface area contributed by atoms with Gasteiger partial charge < -0.3 is 14.6 Å². The maximum absolute atomic E-state index is 12.3. The molecular weight excluding hydrogens is 773 g/mol. The Morgan fingerprint density at radius 2 is 0.667 bits per heavy atom. The predicted molar refractivity (Wildman–Crippen MR) is 279 cm³/mol. The summed E-state index contributed by atoms with van der Waals surface area (Å²) in [5.41, 5.74) is 0. The molecule has 0 saturated carbocycles. The molecule has 4 nitrogen and oxygen atoms in total. The minimum Gasteiger partial charge on any atom is -0.457 e. The van der Waals surface area contributed by atoms with E-state index in [0.29, 0.717) is 19.6 Å². The van der Waals surface area contributed by atoms with Crippen molar-refractivity contribution in [2.24, 2.45) is 0 Å². The number of esters is 1. The number of aliphatic hydroxyl groups is 1. The predicted octanol–water partition coefficient (Wildman–Crippen LogP) is 19.6. The first-order chi connectivity index (χ1) is 31.2.